The summed E-state index contributed by atoms with van der Waals surface area (Å²) in [5, 5.41) is 14.1. The Morgan fingerprint density at radius 2 is 2.00 bits per heavy atom. The van der Waals surface area contributed by atoms with E-state index in [4.69, 9.17) is 0 Å². The van der Waals surface area contributed by atoms with Crippen molar-refractivity contribution in [2.45, 2.75) is 0 Å². The van der Waals surface area contributed by atoms with Crippen LogP contribution >= 0.6 is 0 Å². The molecule has 0 heterocycles. The summed E-state index contributed by atoms with van der Waals surface area (Å²) in [7, 11) is 0. The largest absolute Gasteiger partial charge is 0.860 e. The van der Waals surface area contributed by atoms with Gasteiger partial charge in [0.05, 0.1) is 0 Å². The molecule has 0 saturated carbocycles. The highest BCUT2D eigenvalue weighted by Crippen LogP contribution is 2.12. The standard InChI is InChI=1S/C12H14NO/c1-3-9-13-12(14)10(2)11-7-5-4-6-8-11/h3-8,13-14H,1-2,9H2/p-1/b12-10-. The number of rotatable bonds is 4. The molecule has 14 heavy (non-hydrogen) atoms. The Labute approximate surface area is 84.6 Å². The molecule has 2 heteroatoms. The van der Waals surface area contributed by atoms with Crippen molar-refractivity contribution in [1.82, 2.24) is 5.32 Å². The van der Waals surface area contributed by atoms with Gasteiger partial charge < -0.3 is 10.4 Å². The van der Waals surface area contributed by atoms with Crippen molar-refractivity contribution in [3.05, 3.63) is 61.4 Å². The summed E-state index contributed by atoms with van der Waals surface area (Å²) in [6, 6.07) is 9.37. The van der Waals surface area contributed by atoms with E-state index >= 15 is 0 Å². The Hall–Kier alpha value is -1.70. The molecule has 1 aromatic rings. The Bertz CT molecular complexity index is 327. The highest BCUT2D eigenvalue weighted by Gasteiger charge is 1.94. The van der Waals surface area contributed by atoms with Crippen molar-refractivity contribution in [2.24, 2.45) is 0 Å². The number of nitrogens with one attached hydrogen (secondary N) is 1. The summed E-state index contributed by atoms with van der Waals surface area (Å²) in [4.78, 5) is 0. The lowest BCUT2D eigenvalue weighted by Gasteiger charge is -2.17. The fourth-order valence-corrected chi connectivity index (χ4v) is 1.04. The molecule has 73 valence electrons. The molecule has 0 aromatic heterocycles. The van der Waals surface area contributed by atoms with E-state index in [1.54, 1.807) is 6.08 Å². The second kappa shape index (κ2) is 5.12. The van der Waals surface area contributed by atoms with Crippen LogP contribution in [0.25, 0.3) is 5.57 Å². The van der Waals surface area contributed by atoms with Crippen LogP contribution < -0.4 is 10.4 Å². The van der Waals surface area contributed by atoms with Crippen LogP contribution in [0.3, 0.4) is 0 Å². The molecule has 0 atom stereocenters. The third-order valence-electron chi connectivity index (χ3n) is 1.80. The Morgan fingerprint density at radius 3 is 2.57 bits per heavy atom. The average molecular weight is 187 g/mol. The van der Waals surface area contributed by atoms with Gasteiger partial charge in [0.25, 0.3) is 0 Å². The summed E-state index contributed by atoms with van der Waals surface area (Å²) >= 11 is 0. The molecule has 0 spiro atoms. The average Bonchev–Trinajstić information content (AvgIpc) is 2.26. The van der Waals surface area contributed by atoms with Crippen molar-refractivity contribution in [3.63, 3.8) is 0 Å². The highest BCUT2D eigenvalue weighted by atomic mass is 16.3. The Morgan fingerprint density at radius 1 is 1.36 bits per heavy atom. The van der Waals surface area contributed by atoms with Crippen LogP contribution in [0.1, 0.15) is 5.56 Å². The fourth-order valence-electron chi connectivity index (χ4n) is 1.04. The number of benzene rings is 1. The zero-order chi connectivity index (χ0) is 10.4. The predicted octanol–water partition coefficient (Wildman–Crippen LogP) is 1.33. The summed E-state index contributed by atoms with van der Waals surface area (Å²) in [5.41, 5.74) is 1.32. The molecule has 0 saturated heterocycles. The van der Waals surface area contributed by atoms with Gasteiger partial charge in [0, 0.05) is 6.54 Å². The van der Waals surface area contributed by atoms with Gasteiger partial charge >= 0.3 is 0 Å². The predicted molar refractivity (Wildman–Crippen MR) is 56.9 cm³/mol. The zero-order valence-corrected chi connectivity index (χ0v) is 7.99. The first-order valence-electron chi connectivity index (χ1n) is 4.39. The van der Waals surface area contributed by atoms with Gasteiger partial charge in [-0.3, -0.25) is 0 Å². The second-order valence-corrected chi connectivity index (χ2v) is 2.84. The van der Waals surface area contributed by atoms with Crippen molar-refractivity contribution in [2.75, 3.05) is 6.54 Å². The first kappa shape index (κ1) is 10.4. The smallest absolute Gasteiger partial charge is 0.0317 e. The van der Waals surface area contributed by atoms with Crippen molar-refractivity contribution < 1.29 is 5.11 Å². The van der Waals surface area contributed by atoms with Gasteiger partial charge in [-0.25, -0.2) is 0 Å². The monoisotopic (exact) mass is 187 g/mol. The molecule has 0 amide bonds. The summed E-state index contributed by atoms with van der Waals surface area (Å²) < 4.78 is 0. The van der Waals surface area contributed by atoms with E-state index in [2.05, 4.69) is 18.8 Å². The molecular weight excluding hydrogens is 174 g/mol. The lowest BCUT2D eigenvalue weighted by molar-refractivity contribution is -0.309. The fraction of sp³-hybridized carbons (Fsp3) is 0.0833. The molecule has 0 fully saturated rings. The Balaban J connectivity index is 2.81. The van der Waals surface area contributed by atoms with Gasteiger partial charge in [0.1, 0.15) is 0 Å². The molecule has 0 aliphatic heterocycles. The SMILES string of the molecule is [CH2]/C(=C(/[O-])NCC=C)c1ccccc1. The topological polar surface area (TPSA) is 35.1 Å². The van der Waals surface area contributed by atoms with Gasteiger partial charge in [0.15, 0.2) is 0 Å². The molecule has 1 aromatic carbocycles. The quantitative estimate of drug-likeness (QED) is 0.570. The van der Waals surface area contributed by atoms with Crippen LogP contribution in [0, 0.1) is 6.92 Å². The van der Waals surface area contributed by atoms with E-state index in [1.807, 2.05) is 30.3 Å². The molecular formula is C12H13NO-. The lowest BCUT2D eigenvalue weighted by Crippen LogP contribution is -2.24. The van der Waals surface area contributed by atoms with Crippen molar-refractivity contribution in [1.29, 1.82) is 0 Å². The van der Waals surface area contributed by atoms with Crippen LogP contribution in [0.15, 0.2) is 48.9 Å². The molecule has 2 nitrogen and oxygen atoms in total. The second-order valence-electron chi connectivity index (χ2n) is 2.84. The molecule has 0 bridgehead atoms. The van der Waals surface area contributed by atoms with E-state index in [0.29, 0.717) is 12.1 Å². The highest BCUT2D eigenvalue weighted by molar-refractivity contribution is 5.69. The summed E-state index contributed by atoms with van der Waals surface area (Å²) in [5.74, 6) is -0.156. The normalized spacial score (nSPS) is 11.8. The number of hydrogen-bond donors (Lipinski definition) is 1. The van der Waals surface area contributed by atoms with Gasteiger partial charge in [-0.05, 0) is 23.9 Å². The first-order chi connectivity index (χ1) is 6.75. The molecule has 1 rings (SSSR count). The van der Waals surface area contributed by atoms with Crippen LogP contribution in [0.5, 0.6) is 0 Å². The van der Waals surface area contributed by atoms with E-state index < -0.39 is 0 Å². The minimum atomic E-state index is -0.156. The molecule has 0 aliphatic carbocycles. The molecule has 1 radical (unpaired) electrons. The Kier molecular flexibility index (Phi) is 3.80. The maximum atomic E-state index is 11.4. The van der Waals surface area contributed by atoms with Gasteiger partial charge in [-0.15, -0.1) is 6.58 Å². The van der Waals surface area contributed by atoms with Gasteiger partial charge in [0.2, 0.25) is 0 Å². The minimum Gasteiger partial charge on any atom is -0.860 e. The molecule has 0 aliphatic rings. The van der Waals surface area contributed by atoms with Crippen LogP contribution in [-0.2, 0) is 0 Å². The van der Waals surface area contributed by atoms with Gasteiger partial charge in [-0.2, -0.15) is 0 Å². The zero-order valence-electron chi connectivity index (χ0n) is 7.99. The van der Waals surface area contributed by atoms with E-state index in [-0.39, 0.29) is 5.88 Å². The van der Waals surface area contributed by atoms with Crippen molar-refractivity contribution >= 4 is 5.57 Å². The third-order valence-corrected chi connectivity index (χ3v) is 1.80. The molecule has 1 N–H and O–H groups in total. The van der Waals surface area contributed by atoms with Gasteiger partial charge in [-0.1, -0.05) is 36.4 Å². The maximum absolute atomic E-state index is 11.4. The minimum absolute atomic E-state index is 0.156. The first-order valence-corrected chi connectivity index (χ1v) is 4.39. The van der Waals surface area contributed by atoms with E-state index in [9.17, 15) is 5.11 Å². The van der Waals surface area contributed by atoms with E-state index in [0.717, 1.165) is 5.56 Å². The van der Waals surface area contributed by atoms with Crippen LogP contribution in [0.2, 0.25) is 0 Å². The van der Waals surface area contributed by atoms with Crippen LogP contribution in [-0.4, -0.2) is 6.54 Å². The van der Waals surface area contributed by atoms with E-state index in [1.165, 1.54) is 0 Å². The third kappa shape index (κ3) is 2.66. The van der Waals surface area contributed by atoms with Crippen molar-refractivity contribution in [3.8, 4) is 0 Å². The lowest BCUT2D eigenvalue weighted by atomic mass is 10.1. The van der Waals surface area contributed by atoms with Crippen LogP contribution in [0.4, 0.5) is 0 Å². The summed E-state index contributed by atoms with van der Waals surface area (Å²) in [6.45, 7) is 7.71. The number of hydrogen-bond acceptors (Lipinski definition) is 2. The molecule has 0 unspecified atom stereocenters. The summed E-state index contributed by atoms with van der Waals surface area (Å²) in [6.07, 6.45) is 1.64. The number of allylic oxidation sites excluding steroid dienone is 1. The maximum Gasteiger partial charge on any atom is 0.0317 e.